The molecule has 1 atom stereocenters. The second-order valence-corrected chi connectivity index (χ2v) is 5.39. The van der Waals surface area contributed by atoms with Crippen molar-refractivity contribution in [3.8, 4) is 5.75 Å². The van der Waals surface area contributed by atoms with Gasteiger partial charge in [-0.25, -0.2) is 0 Å². The van der Waals surface area contributed by atoms with Gasteiger partial charge in [0.15, 0.2) is 0 Å². The van der Waals surface area contributed by atoms with Crippen LogP contribution in [0.1, 0.15) is 36.0 Å². The van der Waals surface area contributed by atoms with E-state index in [9.17, 15) is 0 Å². The lowest BCUT2D eigenvalue weighted by molar-refractivity contribution is -0.0113. The average molecular weight is 263 g/mol. The third kappa shape index (κ3) is 3.95. The molecule has 0 radical (unpaired) electrons. The minimum Gasteiger partial charge on any atom is -0.490 e. The van der Waals surface area contributed by atoms with Gasteiger partial charge in [0.2, 0.25) is 0 Å². The SMILES string of the molecule is CNCc1cc(C)c(OCC2CCCCO2)c(C)c1. The van der Waals surface area contributed by atoms with Gasteiger partial charge in [0, 0.05) is 13.2 Å². The van der Waals surface area contributed by atoms with E-state index >= 15 is 0 Å². The lowest BCUT2D eigenvalue weighted by Crippen LogP contribution is -2.26. The molecule has 0 amide bonds. The van der Waals surface area contributed by atoms with Crippen LogP contribution < -0.4 is 10.1 Å². The van der Waals surface area contributed by atoms with Crippen LogP contribution in [0.5, 0.6) is 5.75 Å². The second-order valence-electron chi connectivity index (χ2n) is 5.39. The maximum atomic E-state index is 5.99. The zero-order valence-corrected chi connectivity index (χ0v) is 12.3. The highest BCUT2D eigenvalue weighted by Crippen LogP contribution is 2.26. The summed E-state index contributed by atoms with van der Waals surface area (Å²) in [6.45, 7) is 6.68. The third-order valence-corrected chi connectivity index (χ3v) is 3.59. The summed E-state index contributed by atoms with van der Waals surface area (Å²) in [5, 5.41) is 3.18. The molecule has 0 saturated carbocycles. The number of hydrogen-bond acceptors (Lipinski definition) is 3. The highest BCUT2D eigenvalue weighted by molar-refractivity contribution is 5.43. The fraction of sp³-hybridized carbons (Fsp3) is 0.625. The molecule has 2 rings (SSSR count). The molecule has 1 aliphatic rings. The fourth-order valence-corrected chi connectivity index (χ4v) is 2.69. The Morgan fingerprint density at radius 1 is 1.26 bits per heavy atom. The molecule has 1 unspecified atom stereocenters. The van der Waals surface area contributed by atoms with E-state index in [0.29, 0.717) is 6.61 Å². The van der Waals surface area contributed by atoms with Crippen LogP contribution >= 0.6 is 0 Å². The Morgan fingerprint density at radius 2 is 2.00 bits per heavy atom. The van der Waals surface area contributed by atoms with Gasteiger partial charge in [-0.1, -0.05) is 12.1 Å². The first-order valence-electron chi connectivity index (χ1n) is 7.20. The molecule has 0 aromatic heterocycles. The number of rotatable bonds is 5. The van der Waals surface area contributed by atoms with Gasteiger partial charge in [0.1, 0.15) is 12.4 Å². The van der Waals surface area contributed by atoms with Gasteiger partial charge in [0.05, 0.1) is 6.10 Å². The summed E-state index contributed by atoms with van der Waals surface area (Å²) in [6, 6.07) is 4.39. The Kier molecular flexibility index (Phi) is 5.23. The van der Waals surface area contributed by atoms with E-state index in [1.54, 1.807) is 0 Å². The fourth-order valence-electron chi connectivity index (χ4n) is 2.69. The first-order chi connectivity index (χ1) is 9.20. The van der Waals surface area contributed by atoms with Crippen molar-refractivity contribution in [2.45, 2.75) is 45.8 Å². The molecule has 1 fully saturated rings. The van der Waals surface area contributed by atoms with E-state index < -0.39 is 0 Å². The number of benzene rings is 1. The molecule has 1 aliphatic heterocycles. The predicted octanol–water partition coefficient (Wildman–Crippen LogP) is 2.97. The van der Waals surface area contributed by atoms with Crippen molar-refractivity contribution in [2.24, 2.45) is 0 Å². The molecular weight excluding hydrogens is 238 g/mol. The van der Waals surface area contributed by atoms with Crippen LogP contribution in [0.25, 0.3) is 0 Å². The van der Waals surface area contributed by atoms with Crippen LogP contribution in [0, 0.1) is 13.8 Å². The van der Waals surface area contributed by atoms with Crippen molar-refractivity contribution < 1.29 is 9.47 Å². The van der Waals surface area contributed by atoms with Crippen molar-refractivity contribution in [1.29, 1.82) is 0 Å². The molecule has 1 saturated heterocycles. The first kappa shape index (κ1) is 14.4. The number of hydrogen-bond donors (Lipinski definition) is 1. The highest BCUT2D eigenvalue weighted by atomic mass is 16.5. The Bertz CT molecular complexity index is 388. The molecule has 3 heteroatoms. The Balaban J connectivity index is 1.99. The monoisotopic (exact) mass is 263 g/mol. The predicted molar refractivity (Wildman–Crippen MR) is 77.8 cm³/mol. The van der Waals surface area contributed by atoms with Crippen molar-refractivity contribution in [3.63, 3.8) is 0 Å². The first-order valence-corrected chi connectivity index (χ1v) is 7.20. The summed E-state index contributed by atoms with van der Waals surface area (Å²) >= 11 is 0. The van der Waals surface area contributed by atoms with Gasteiger partial charge >= 0.3 is 0 Å². The number of ether oxygens (including phenoxy) is 2. The van der Waals surface area contributed by atoms with Crippen molar-refractivity contribution >= 4 is 0 Å². The van der Waals surface area contributed by atoms with Crippen LogP contribution in [-0.4, -0.2) is 26.4 Å². The molecule has 0 aliphatic carbocycles. The summed E-state index contributed by atoms with van der Waals surface area (Å²) in [4.78, 5) is 0. The lowest BCUT2D eigenvalue weighted by atomic mass is 10.1. The van der Waals surface area contributed by atoms with E-state index in [1.165, 1.54) is 29.5 Å². The normalized spacial score (nSPS) is 19.4. The summed E-state index contributed by atoms with van der Waals surface area (Å²) in [7, 11) is 1.97. The average Bonchev–Trinajstić information content (AvgIpc) is 2.39. The topological polar surface area (TPSA) is 30.5 Å². The van der Waals surface area contributed by atoms with Gasteiger partial charge in [-0.3, -0.25) is 0 Å². The Labute approximate surface area is 116 Å². The molecule has 0 bridgehead atoms. The molecule has 1 aromatic carbocycles. The standard InChI is InChI=1S/C16H25NO2/c1-12-8-14(10-17-3)9-13(2)16(12)19-11-15-6-4-5-7-18-15/h8-9,15,17H,4-7,10-11H2,1-3H3. The van der Waals surface area contributed by atoms with Crippen molar-refractivity contribution in [2.75, 3.05) is 20.3 Å². The van der Waals surface area contributed by atoms with Crippen LogP contribution in [0.2, 0.25) is 0 Å². The maximum absolute atomic E-state index is 5.99. The maximum Gasteiger partial charge on any atom is 0.125 e. The number of nitrogens with one attached hydrogen (secondary N) is 1. The molecule has 0 spiro atoms. The zero-order valence-electron chi connectivity index (χ0n) is 12.3. The van der Waals surface area contributed by atoms with E-state index in [-0.39, 0.29) is 6.10 Å². The second kappa shape index (κ2) is 6.92. The molecule has 1 heterocycles. The van der Waals surface area contributed by atoms with Crippen LogP contribution in [0.4, 0.5) is 0 Å². The van der Waals surface area contributed by atoms with Gasteiger partial charge in [-0.15, -0.1) is 0 Å². The summed E-state index contributed by atoms with van der Waals surface area (Å²) in [6.07, 6.45) is 3.83. The molecule has 1 N–H and O–H groups in total. The van der Waals surface area contributed by atoms with Crippen molar-refractivity contribution in [3.05, 3.63) is 28.8 Å². The molecule has 19 heavy (non-hydrogen) atoms. The largest absolute Gasteiger partial charge is 0.490 e. The van der Waals surface area contributed by atoms with E-state index in [4.69, 9.17) is 9.47 Å². The van der Waals surface area contributed by atoms with Crippen LogP contribution in [0.3, 0.4) is 0 Å². The van der Waals surface area contributed by atoms with Gasteiger partial charge in [0.25, 0.3) is 0 Å². The van der Waals surface area contributed by atoms with Crippen LogP contribution in [0.15, 0.2) is 12.1 Å². The van der Waals surface area contributed by atoms with E-state index in [2.05, 4.69) is 31.3 Å². The van der Waals surface area contributed by atoms with Gasteiger partial charge in [-0.05, 0) is 56.8 Å². The molecule has 3 nitrogen and oxygen atoms in total. The van der Waals surface area contributed by atoms with Crippen LogP contribution in [-0.2, 0) is 11.3 Å². The van der Waals surface area contributed by atoms with Crippen molar-refractivity contribution in [1.82, 2.24) is 5.32 Å². The quantitative estimate of drug-likeness (QED) is 0.886. The van der Waals surface area contributed by atoms with E-state index in [0.717, 1.165) is 25.3 Å². The summed E-state index contributed by atoms with van der Waals surface area (Å²) in [5.74, 6) is 1.02. The summed E-state index contributed by atoms with van der Waals surface area (Å²) < 4.78 is 11.7. The molecule has 106 valence electrons. The molecule has 1 aromatic rings. The Morgan fingerprint density at radius 3 is 2.58 bits per heavy atom. The van der Waals surface area contributed by atoms with Gasteiger partial charge in [-0.2, -0.15) is 0 Å². The Hall–Kier alpha value is -1.06. The molecular formula is C16H25NO2. The minimum absolute atomic E-state index is 0.268. The lowest BCUT2D eigenvalue weighted by Gasteiger charge is -2.23. The summed E-state index contributed by atoms with van der Waals surface area (Å²) in [5.41, 5.74) is 3.72. The van der Waals surface area contributed by atoms with E-state index in [1.807, 2.05) is 7.05 Å². The smallest absolute Gasteiger partial charge is 0.125 e. The third-order valence-electron chi connectivity index (χ3n) is 3.59. The number of aryl methyl sites for hydroxylation is 2. The zero-order chi connectivity index (χ0) is 13.7. The minimum atomic E-state index is 0.268. The highest BCUT2D eigenvalue weighted by Gasteiger charge is 2.15. The van der Waals surface area contributed by atoms with Gasteiger partial charge < -0.3 is 14.8 Å².